The maximum absolute atomic E-state index is 12.5. The van der Waals surface area contributed by atoms with Crippen molar-refractivity contribution in [2.75, 3.05) is 32.6 Å². The van der Waals surface area contributed by atoms with E-state index in [1.165, 1.54) is 0 Å². The summed E-state index contributed by atoms with van der Waals surface area (Å²) in [6, 6.07) is 13.5. The standard InChI is InChI=1S/C21H24N4O3S/c1-27-15-7-8-19(28-2)17(13-15)23-21(29)24-11-9-14(10-12-24)25-18-6-4-3-5-16(18)22-20(25)26/h3-8,13-14H,9-12H2,1-2H3,(H,22,26)(H,23,29). The van der Waals surface area contributed by atoms with Gasteiger partial charge in [0.05, 0.1) is 30.9 Å². The van der Waals surface area contributed by atoms with Crippen LogP contribution in [0.5, 0.6) is 11.5 Å². The van der Waals surface area contributed by atoms with E-state index in [4.69, 9.17) is 21.7 Å². The highest BCUT2D eigenvalue weighted by Crippen LogP contribution is 2.30. The molecule has 0 spiro atoms. The van der Waals surface area contributed by atoms with Crippen LogP contribution in [0.15, 0.2) is 47.3 Å². The van der Waals surface area contributed by atoms with Crippen LogP contribution < -0.4 is 20.5 Å². The number of imidazole rings is 1. The van der Waals surface area contributed by atoms with Gasteiger partial charge in [-0.2, -0.15) is 0 Å². The van der Waals surface area contributed by atoms with Gasteiger partial charge in [0, 0.05) is 25.2 Å². The molecule has 1 saturated heterocycles. The predicted octanol–water partition coefficient (Wildman–Crippen LogP) is 3.38. The molecular formula is C21H24N4O3S. The number of fused-ring (bicyclic) bond motifs is 1. The van der Waals surface area contributed by atoms with E-state index in [2.05, 4.69) is 15.2 Å². The third kappa shape index (κ3) is 3.80. The van der Waals surface area contributed by atoms with Crippen LogP contribution in [0.1, 0.15) is 18.9 Å². The Morgan fingerprint density at radius 2 is 1.90 bits per heavy atom. The molecule has 2 N–H and O–H groups in total. The summed E-state index contributed by atoms with van der Waals surface area (Å²) in [7, 11) is 3.25. The Balaban J connectivity index is 1.45. The van der Waals surface area contributed by atoms with Crippen LogP contribution in [0.25, 0.3) is 11.0 Å². The first kappa shape index (κ1) is 19.3. The quantitative estimate of drug-likeness (QED) is 0.640. The van der Waals surface area contributed by atoms with Crippen molar-refractivity contribution in [1.29, 1.82) is 0 Å². The van der Waals surface area contributed by atoms with E-state index >= 15 is 0 Å². The summed E-state index contributed by atoms with van der Waals surface area (Å²) >= 11 is 5.63. The lowest BCUT2D eigenvalue weighted by Gasteiger charge is -2.34. The summed E-state index contributed by atoms with van der Waals surface area (Å²) in [5.74, 6) is 1.43. The number of thiocarbonyl (C=S) groups is 1. The third-order valence-corrected chi connectivity index (χ3v) is 5.75. The lowest BCUT2D eigenvalue weighted by Crippen LogP contribution is -2.42. The summed E-state index contributed by atoms with van der Waals surface area (Å²) in [5, 5.41) is 3.91. The maximum atomic E-state index is 12.5. The molecular weight excluding hydrogens is 388 g/mol. The van der Waals surface area contributed by atoms with Gasteiger partial charge in [-0.3, -0.25) is 4.57 Å². The lowest BCUT2D eigenvalue weighted by molar-refractivity contribution is 0.269. The van der Waals surface area contributed by atoms with Crippen molar-refractivity contribution in [1.82, 2.24) is 14.5 Å². The third-order valence-electron chi connectivity index (χ3n) is 5.39. The van der Waals surface area contributed by atoms with E-state index in [0.29, 0.717) is 10.9 Å². The molecule has 0 amide bonds. The molecule has 2 heterocycles. The van der Waals surface area contributed by atoms with Crippen molar-refractivity contribution >= 4 is 34.1 Å². The second-order valence-corrected chi connectivity index (χ2v) is 7.42. The zero-order valence-electron chi connectivity index (χ0n) is 16.5. The van der Waals surface area contributed by atoms with E-state index in [9.17, 15) is 4.79 Å². The molecule has 0 saturated carbocycles. The normalized spacial score (nSPS) is 14.8. The summed E-state index contributed by atoms with van der Waals surface area (Å²) in [6.45, 7) is 1.55. The minimum atomic E-state index is -0.0496. The van der Waals surface area contributed by atoms with E-state index in [1.807, 2.05) is 47.0 Å². The van der Waals surface area contributed by atoms with Gasteiger partial charge in [-0.05, 0) is 49.3 Å². The van der Waals surface area contributed by atoms with E-state index in [1.54, 1.807) is 14.2 Å². The van der Waals surface area contributed by atoms with Gasteiger partial charge in [-0.1, -0.05) is 12.1 Å². The number of H-pyrrole nitrogens is 1. The number of hydrogen-bond donors (Lipinski definition) is 2. The molecule has 29 heavy (non-hydrogen) atoms. The second kappa shape index (κ2) is 8.16. The van der Waals surface area contributed by atoms with Crippen molar-refractivity contribution in [3.8, 4) is 11.5 Å². The highest BCUT2D eigenvalue weighted by atomic mass is 32.1. The number of anilines is 1. The molecule has 3 aromatic rings. The van der Waals surface area contributed by atoms with Gasteiger partial charge in [0.15, 0.2) is 5.11 Å². The molecule has 0 radical (unpaired) electrons. The topological polar surface area (TPSA) is 71.5 Å². The van der Waals surface area contributed by atoms with Crippen molar-refractivity contribution < 1.29 is 9.47 Å². The average molecular weight is 413 g/mol. The van der Waals surface area contributed by atoms with Crippen molar-refractivity contribution in [2.24, 2.45) is 0 Å². The molecule has 2 aromatic carbocycles. The van der Waals surface area contributed by atoms with Gasteiger partial charge in [0.2, 0.25) is 0 Å². The van der Waals surface area contributed by atoms with Gasteiger partial charge >= 0.3 is 5.69 Å². The lowest BCUT2D eigenvalue weighted by atomic mass is 10.0. The molecule has 1 aromatic heterocycles. The number of aromatic nitrogens is 2. The zero-order valence-corrected chi connectivity index (χ0v) is 17.3. The maximum Gasteiger partial charge on any atom is 0.326 e. The highest BCUT2D eigenvalue weighted by molar-refractivity contribution is 7.80. The average Bonchev–Trinajstić information content (AvgIpc) is 3.09. The molecule has 0 bridgehead atoms. The number of aromatic amines is 1. The number of rotatable bonds is 4. The Kier molecular flexibility index (Phi) is 5.44. The van der Waals surface area contributed by atoms with Crippen molar-refractivity contribution in [3.63, 3.8) is 0 Å². The minimum absolute atomic E-state index is 0.0496. The molecule has 1 aliphatic heterocycles. The monoisotopic (exact) mass is 412 g/mol. The molecule has 1 aliphatic rings. The molecule has 7 nitrogen and oxygen atoms in total. The fourth-order valence-corrected chi connectivity index (χ4v) is 4.16. The Morgan fingerprint density at radius 3 is 2.62 bits per heavy atom. The highest BCUT2D eigenvalue weighted by Gasteiger charge is 2.25. The first-order chi connectivity index (χ1) is 14.1. The molecule has 0 atom stereocenters. The first-order valence-corrected chi connectivity index (χ1v) is 9.98. The number of ether oxygens (including phenoxy) is 2. The van der Waals surface area contributed by atoms with Crippen molar-refractivity contribution in [2.45, 2.75) is 18.9 Å². The SMILES string of the molecule is COc1ccc(OC)c(NC(=S)N2CCC(n3c(=O)[nH]c4ccccc43)CC2)c1. The Labute approximate surface area is 174 Å². The smallest absolute Gasteiger partial charge is 0.326 e. The van der Waals surface area contributed by atoms with Crippen LogP contribution in [-0.4, -0.2) is 46.9 Å². The van der Waals surface area contributed by atoms with Crippen LogP contribution in [0, 0.1) is 0 Å². The number of nitrogens with zero attached hydrogens (tertiary/aromatic N) is 2. The largest absolute Gasteiger partial charge is 0.497 e. The molecule has 0 unspecified atom stereocenters. The predicted molar refractivity (Wildman–Crippen MR) is 118 cm³/mol. The Hall–Kier alpha value is -3.00. The molecule has 1 fully saturated rings. The number of piperidine rings is 1. The van der Waals surface area contributed by atoms with Crippen LogP contribution >= 0.6 is 12.2 Å². The summed E-state index contributed by atoms with van der Waals surface area (Å²) in [5.41, 5.74) is 2.55. The van der Waals surface area contributed by atoms with Crippen LogP contribution in [0.4, 0.5) is 5.69 Å². The number of para-hydroxylation sites is 2. The van der Waals surface area contributed by atoms with E-state index in [0.717, 1.165) is 48.4 Å². The number of nitrogens with one attached hydrogen (secondary N) is 2. The molecule has 0 aliphatic carbocycles. The Bertz CT molecular complexity index is 1080. The summed E-state index contributed by atoms with van der Waals surface area (Å²) in [4.78, 5) is 17.5. The van der Waals surface area contributed by atoms with Crippen LogP contribution in [-0.2, 0) is 0 Å². The van der Waals surface area contributed by atoms with Crippen molar-refractivity contribution in [3.05, 3.63) is 52.9 Å². The fourth-order valence-electron chi connectivity index (χ4n) is 3.87. The number of likely N-dealkylation sites (tertiary alicyclic amines) is 1. The Morgan fingerprint density at radius 1 is 1.14 bits per heavy atom. The molecule has 152 valence electrons. The summed E-state index contributed by atoms with van der Waals surface area (Å²) in [6.07, 6.45) is 1.69. The van der Waals surface area contributed by atoms with Gasteiger partial charge in [0.1, 0.15) is 11.5 Å². The van der Waals surface area contributed by atoms with Gasteiger partial charge in [-0.15, -0.1) is 0 Å². The van der Waals surface area contributed by atoms with Gasteiger partial charge < -0.3 is 24.7 Å². The van der Waals surface area contributed by atoms with E-state index < -0.39 is 0 Å². The summed E-state index contributed by atoms with van der Waals surface area (Å²) < 4.78 is 12.6. The van der Waals surface area contributed by atoms with Gasteiger partial charge in [-0.25, -0.2) is 4.79 Å². The van der Waals surface area contributed by atoms with Crippen LogP contribution in [0.3, 0.4) is 0 Å². The molecule has 8 heteroatoms. The number of hydrogen-bond acceptors (Lipinski definition) is 4. The second-order valence-electron chi connectivity index (χ2n) is 7.03. The number of methoxy groups -OCH3 is 2. The van der Waals surface area contributed by atoms with E-state index in [-0.39, 0.29) is 11.7 Å². The van der Waals surface area contributed by atoms with Gasteiger partial charge in [0.25, 0.3) is 0 Å². The fraction of sp³-hybridized carbons (Fsp3) is 0.333. The first-order valence-electron chi connectivity index (χ1n) is 9.58. The number of benzene rings is 2. The minimum Gasteiger partial charge on any atom is -0.497 e. The zero-order chi connectivity index (χ0) is 20.4. The molecule has 4 rings (SSSR count). The van der Waals surface area contributed by atoms with Crippen LogP contribution in [0.2, 0.25) is 0 Å².